The summed E-state index contributed by atoms with van der Waals surface area (Å²) in [5, 5.41) is 11.6. The quantitative estimate of drug-likeness (QED) is 0.925. The van der Waals surface area contributed by atoms with Crippen molar-refractivity contribution in [2.75, 3.05) is 30.1 Å². The third kappa shape index (κ3) is 3.34. The summed E-state index contributed by atoms with van der Waals surface area (Å²) in [5.74, 6) is 3.04. The maximum Gasteiger partial charge on any atom is 0.247 e. The van der Waals surface area contributed by atoms with Gasteiger partial charge in [-0.2, -0.15) is 10.1 Å². The van der Waals surface area contributed by atoms with Crippen LogP contribution in [0.2, 0.25) is 0 Å². The molecule has 0 unspecified atom stereocenters. The van der Waals surface area contributed by atoms with Crippen molar-refractivity contribution >= 4 is 11.8 Å². The molecule has 7 heteroatoms. The Hall–Kier alpha value is -2.57. The molecular weight excluding hydrogens is 306 g/mol. The second-order valence-electron chi connectivity index (χ2n) is 6.08. The standard InChI is InChI=1S/C17H21N5O2/c1-2-4-8-22(7-3-1)17-20-16(11-19-21-17)18-10-13-5-6-14-15(9-13)24-12-23-14/h5-6,9,11H,1-4,7-8,10,12H2,(H,18,20,21). The Bertz CT molecular complexity index is 701. The minimum atomic E-state index is 0.293. The average molecular weight is 327 g/mol. The van der Waals surface area contributed by atoms with Gasteiger partial charge in [0, 0.05) is 19.6 Å². The summed E-state index contributed by atoms with van der Waals surface area (Å²) < 4.78 is 10.7. The van der Waals surface area contributed by atoms with Gasteiger partial charge in [-0.1, -0.05) is 18.9 Å². The van der Waals surface area contributed by atoms with Crippen LogP contribution in [0.25, 0.3) is 0 Å². The van der Waals surface area contributed by atoms with Crippen LogP contribution in [0, 0.1) is 0 Å². The number of hydrogen-bond acceptors (Lipinski definition) is 7. The number of rotatable bonds is 4. The molecule has 2 aliphatic rings. The van der Waals surface area contributed by atoms with Gasteiger partial charge in [-0.25, -0.2) is 0 Å². The Balaban J connectivity index is 1.42. The number of aromatic nitrogens is 3. The van der Waals surface area contributed by atoms with Gasteiger partial charge >= 0.3 is 0 Å². The summed E-state index contributed by atoms with van der Waals surface area (Å²) in [7, 11) is 0. The highest BCUT2D eigenvalue weighted by Crippen LogP contribution is 2.32. The Morgan fingerprint density at radius 2 is 1.88 bits per heavy atom. The molecule has 2 aliphatic heterocycles. The number of fused-ring (bicyclic) bond motifs is 1. The number of benzene rings is 1. The lowest BCUT2D eigenvalue weighted by Crippen LogP contribution is -2.26. The molecule has 1 fully saturated rings. The fourth-order valence-electron chi connectivity index (χ4n) is 3.03. The van der Waals surface area contributed by atoms with Crippen LogP contribution in [-0.4, -0.2) is 35.1 Å². The normalized spacial score (nSPS) is 16.8. The Morgan fingerprint density at radius 1 is 1.04 bits per heavy atom. The second-order valence-corrected chi connectivity index (χ2v) is 6.08. The van der Waals surface area contributed by atoms with Gasteiger partial charge in [-0.05, 0) is 30.5 Å². The summed E-state index contributed by atoms with van der Waals surface area (Å²) >= 11 is 0. The number of nitrogens with one attached hydrogen (secondary N) is 1. The van der Waals surface area contributed by atoms with Gasteiger partial charge in [0.05, 0.1) is 6.20 Å². The van der Waals surface area contributed by atoms with E-state index in [9.17, 15) is 0 Å². The highest BCUT2D eigenvalue weighted by Gasteiger charge is 2.15. The van der Waals surface area contributed by atoms with E-state index in [2.05, 4.69) is 25.4 Å². The molecule has 7 nitrogen and oxygen atoms in total. The Labute approximate surface area is 141 Å². The van der Waals surface area contributed by atoms with Crippen LogP contribution < -0.4 is 19.7 Å². The van der Waals surface area contributed by atoms with Gasteiger partial charge < -0.3 is 19.7 Å². The molecule has 0 saturated carbocycles. The molecule has 1 aromatic heterocycles. The van der Waals surface area contributed by atoms with Crippen molar-refractivity contribution in [3.05, 3.63) is 30.0 Å². The van der Waals surface area contributed by atoms with Gasteiger partial charge in [0.2, 0.25) is 12.7 Å². The maximum absolute atomic E-state index is 5.41. The number of nitrogens with zero attached hydrogens (tertiary/aromatic N) is 4. The zero-order chi connectivity index (χ0) is 16.2. The first-order valence-electron chi connectivity index (χ1n) is 8.45. The van der Waals surface area contributed by atoms with Crippen molar-refractivity contribution in [3.63, 3.8) is 0 Å². The molecule has 126 valence electrons. The zero-order valence-electron chi connectivity index (χ0n) is 13.6. The monoisotopic (exact) mass is 327 g/mol. The predicted octanol–water partition coefficient (Wildman–Crippen LogP) is 2.59. The average Bonchev–Trinajstić information content (AvgIpc) is 2.92. The van der Waals surface area contributed by atoms with Crippen molar-refractivity contribution in [1.82, 2.24) is 15.2 Å². The first-order chi connectivity index (χ1) is 11.9. The van der Waals surface area contributed by atoms with E-state index >= 15 is 0 Å². The fourth-order valence-corrected chi connectivity index (χ4v) is 3.03. The number of anilines is 2. The first-order valence-corrected chi connectivity index (χ1v) is 8.45. The van der Waals surface area contributed by atoms with Crippen LogP contribution in [0.4, 0.5) is 11.8 Å². The summed E-state index contributed by atoms with van der Waals surface area (Å²) in [4.78, 5) is 6.84. The topological polar surface area (TPSA) is 72.4 Å². The van der Waals surface area contributed by atoms with Gasteiger partial charge in [0.25, 0.3) is 0 Å². The van der Waals surface area contributed by atoms with Crippen LogP contribution in [0.15, 0.2) is 24.4 Å². The molecule has 0 aliphatic carbocycles. The van der Waals surface area contributed by atoms with Crippen LogP contribution in [0.3, 0.4) is 0 Å². The summed E-state index contributed by atoms with van der Waals surface area (Å²) in [6.07, 6.45) is 6.61. The molecule has 0 radical (unpaired) electrons. The van der Waals surface area contributed by atoms with E-state index in [1.807, 2.05) is 18.2 Å². The van der Waals surface area contributed by atoms with Crippen molar-refractivity contribution in [1.29, 1.82) is 0 Å². The van der Waals surface area contributed by atoms with Crippen molar-refractivity contribution in [2.24, 2.45) is 0 Å². The lowest BCUT2D eigenvalue weighted by atomic mass is 10.2. The number of ether oxygens (including phenoxy) is 2. The molecule has 0 spiro atoms. The molecule has 24 heavy (non-hydrogen) atoms. The molecule has 0 amide bonds. The number of hydrogen-bond donors (Lipinski definition) is 1. The van der Waals surface area contributed by atoms with E-state index in [4.69, 9.17) is 9.47 Å². The van der Waals surface area contributed by atoms with E-state index in [-0.39, 0.29) is 0 Å². The fraction of sp³-hybridized carbons (Fsp3) is 0.471. The Kier molecular flexibility index (Phi) is 4.31. The van der Waals surface area contributed by atoms with Crippen molar-refractivity contribution in [2.45, 2.75) is 32.2 Å². The van der Waals surface area contributed by atoms with E-state index in [0.717, 1.165) is 36.0 Å². The van der Waals surface area contributed by atoms with E-state index in [0.29, 0.717) is 19.3 Å². The van der Waals surface area contributed by atoms with Gasteiger partial charge in [0.15, 0.2) is 17.3 Å². The third-order valence-electron chi connectivity index (χ3n) is 4.35. The minimum absolute atomic E-state index is 0.293. The molecule has 2 aromatic rings. The molecule has 1 aromatic carbocycles. The molecule has 0 bridgehead atoms. The van der Waals surface area contributed by atoms with Crippen LogP contribution in [0.1, 0.15) is 31.2 Å². The zero-order valence-corrected chi connectivity index (χ0v) is 13.6. The van der Waals surface area contributed by atoms with Crippen LogP contribution in [-0.2, 0) is 6.54 Å². The highest BCUT2D eigenvalue weighted by molar-refractivity contribution is 5.46. The van der Waals surface area contributed by atoms with E-state index < -0.39 is 0 Å². The smallest absolute Gasteiger partial charge is 0.247 e. The summed E-state index contributed by atoms with van der Waals surface area (Å²) in [6.45, 7) is 2.95. The molecule has 3 heterocycles. The SMILES string of the molecule is c1cc2c(cc1CNc1cnnc(N3CCCCCC3)n1)OCO2. The van der Waals surface area contributed by atoms with Gasteiger partial charge in [0.1, 0.15) is 0 Å². The molecule has 1 N–H and O–H groups in total. The Morgan fingerprint density at radius 3 is 2.75 bits per heavy atom. The lowest BCUT2D eigenvalue weighted by Gasteiger charge is -2.19. The maximum atomic E-state index is 5.41. The predicted molar refractivity (Wildman–Crippen MR) is 90.4 cm³/mol. The van der Waals surface area contributed by atoms with Crippen molar-refractivity contribution in [3.8, 4) is 11.5 Å². The molecule has 4 rings (SSSR count). The van der Waals surface area contributed by atoms with Crippen molar-refractivity contribution < 1.29 is 9.47 Å². The molecule has 1 saturated heterocycles. The van der Waals surface area contributed by atoms with Crippen LogP contribution in [0.5, 0.6) is 11.5 Å². The molecular formula is C17H21N5O2. The first kappa shape index (κ1) is 15.0. The summed E-state index contributed by atoms with van der Waals surface area (Å²) in [6, 6.07) is 5.94. The van der Waals surface area contributed by atoms with Gasteiger partial charge in [-0.15, -0.1) is 5.10 Å². The largest absolute Gasteiger partial charge is 0.454 e. The summed E-state index contributed by atoms with van der Waals surface area (Å²) in [5.41, 5.74) is 1.11. The highest BCUT2D eigenvalue weighted by atomic mass is 16.7. The van der Waals surface area contributed by atoms with Crippen LogP contribution >= 0.6 is 0 Å². The second kappa shape index (κ2) is 6.90. The third-order valence-corrected chi connectivity index (χ3v) is 4.35. The van der Waals surface area contributed by atoms with E-state index in [1.54, 1.807) is 6.20 Å². The lowest BCUT2D eigenvalue weighted by molar-refractivity contribution is 0.174. The van der Waals surface area contributed by atoms with Gasteiger partial charge in [-0.3, -0.25) is 0 Å². The minimum Gasteiger partial charge on any atom is -0.454 e. The van der Waals surface area contributed by atoms with E-state index in [1.165, 1.54) is 25.7 Å². The molecule has 0 atom stereocenters.